The smallest absolute Gasteiger partial charge is 0.224 e. The number of hydrogen-bond acceptors (Lipinski definition) is 4. The summed E-state index contributed by atoms with van der Waals surface area (Å²) in [4.78, 5) is 12.1. The fourth-order valence-electron chi connectivity index (χ4n) is 3.17. The Morgan fingerprint density at radius 1 is 1.32 bits per heavy atom. The van der Waals surface area contributed by atoms with E-state index in [1.54, 1.807) is 0 Å². The van der Waals surface area contributed by atoms with Crippen molar-refractivity contribution in [1.82, 2.24) is 14.8 Å². The van der Waals surface area contributed by atoms with Crippen LogP contribution in [-0.4, -0.2) is 26.7 Å². The van der Waals surface area contributed by atoms with E-state index in [1.165, 1.54) is 12.8 Å². The molecule has 0 saturated heterocycles. The molecule has 0 bridgehead atoms. The van der Waals surface area contributed by atoms with Crippen molar-refractivity contribution in [3.05, 3.63) is 29.6 Å². The summed E-state index contributed by atoms with van der Waals surface area (Å²) in [5, 5.41) is 11.8. The molecule has 134 valence electrons. The topological polar surface area (TPSA) is 85.8 Å². The second kappa shape index (κ2) is 7.78. The molecule has 1 aromatic heterocycles. The molecule has 1 aliphatic rings. The summed E-state index contributed by atoms with van der Waals surface area (Å²) in [6.45, 7) is 4.87. The molecule has 1 unspecified atom stereocenters. The van der Waals surface area contributed by atoms with E-state index in [0.717, 1.165) is 47.8 Å². The van der Waals surface area contributed by atoms with Gasteiger partial charge < -0.3 is 15.6 Å². The number of rotatable bonds is 5. The minimum atomic E-state index is -0.00220. The van der Waals surface area contributed by atoms with E-state index in [-0.39, 0.29) is 11.9 Å². The molecule has 1 atom stereocenters. The third kappa shape index (κ3) is 4.25. The maximum atomic E-state index is 12.1. The van der Waals surface area contributed by atoms with Crippen LogP contribution in [0.5, 0.6) is 0 Å². The largest absolute Gasteiger partial charge is 0.328 e. The fraction of sp³-hybridized carbons (Fsp3) is 0.526. The van der Waals surface area contributed by atoms with Crippen LogP contribution in [0.2, 0.25) is 0 Å². The van der Waals surface area contributed by atoms with Crippen molar-refractivity contribution < 1.29 is 4.79 Å². The Hall–Kier alpha value is -2.21. The van der Waals surface area contributed by atoms with Gasteiger partial charge in [0.2, 0.25) is 5.91 Å². The Labute approximate surface area is 148 Å². The molecule has 3 rings (SSSR count). The van der Waals surface area contributed by atoms with Crippen molar-refractivity contribution in [2.75, 3.05) is 5.32 Å². The summed E-state index contributed by atoms with van der Waals surface area (Å²) in [6.07, 6.45) is 5.67. The molecule has 0 spiro atoms. The maximum absolute atomic E-state index is 12.1. The van der Waals surface area contributed by atoms with Gasteiger partial charge in [-0.1, -0.05) is 18.6 Å². The minimum absolute atomic E-state index is 0.00220. The van der Waals surface area contributed by atoms with Gasteiger partial charge >= 0.3 is 0 Å². The second-order valence-corrected chi connectivity index (χ2v) is 7.00. The first-order valence-corrected chi connectivity index (χ1v) is 9.13. The molecule has 1 aliphatic heterocycles. The summed E-state index contributed by atoms with van der Waals surface area (Å²) < 4.78 is 2.22. The minimum Gasteiger partial charge on any atom is -0.328 e. The van der Waals surface area contributed by atoms with Crippen molar-refractivity contribution in [2.24, 2.45) is 5.73 Å². The number of hydrogen-bond donors (Lipinski definition) is 2. The zero-order valence-electron chi connectivity index (χ0n) is 15.1. The predicted octanol–water partition coefficient (Wildman–Crippen LogP) is 3.05. The van der Waals surface area contributed by atoms with Crippen molar-refractivity contribution in [1.29, 1.82) is 0 Å². The third-order valence-corrected chi connectivity index (χ3v) is 4.71. The molecule has 25 heavy (non-hydrogen) atoms. The number of carbonyl (C=O) groups excluding carboxylic acids is 1. The molecule has 1 amide bonds. The maximum Gasteiger partial charge on any atom is 0.224 e. The number of carbonyl (C=O) groups is 1. The van der Waals surface area contributed by atoms with Crippen LogP contribution in [-0.2, 0) is 17.8 Å². The van der Waals surface area contributed by atoms with Gasteiger partial charge in [0, 0.05) is 36.7 Å². The molecular weight excluding hydrogens is 314 g/mol. The lowest BCUT2D eigenvalue weighted by molar-refractivity contribution is -0.116. The normalized spacial score (nSPS) is 15.3. The Morgan fingerprint density at radius 3 is 2.96 bits per heavy atom. The van der Waals surface area contributed by atoms with Crippen LogP contribution < -0.4 is 11.1 Å². The van der Waals surface area contributed by atoms with Crippen LogP contribution in [0.15, 0.2) is 18.2 Å². The molecule has 2 aromatic rings. The molecule has 0 aliphatic carbocycles. The van der Waals surface area contributed by atoms with Gasteiger partial charge in [-0.05, 0) is 44.7 Å². The van der Waals surface area contributed by atoms with Crippen LogP contribution in [0.25, 0.3) is 11.4 Å². The Bertz CT molecular complexity index is 750. The van der Waals surface area contributed by atoms with Crippen molar-refractivity contribution >= 4 is 11.6 Å². The van der Waals surface area contributed by atoms with Crippen LogP contribution in [0, 0.1) is 6.92 Å². The van der Waals surface area contributed by atoms with Gasteiger partial charge in [0.05, 0.1) is 0 Å². The molecule has 0 fully saturated rings. The van der Waals surface area contributed by atoms with E-state index in [2.05, 4.69) is 26.1 Å². The first-order chi connectivity index (χ1) is 12.0. The number of aryl methyl sites for hydroxylation is 2. The van der Waals surface area contributed by atoms with E-state index in [0.29, 0.717) is 12.8 Å². The van der Waals surface area contributed by atoms with Gasteiger partial charge in [0.1, 0.15) is 5.82 Å². The number of nitrogens with zero attached hydrogens (tertiary/aromatic N) is 3. The highest BCUT2D eigenvalue weighted by atomic mass is 16.1. The number of fused-ring (bicyclic) bond motifs is 1. The van der Waals surface area contributed by atoms with Crippen LogP contribution >= 0.6 is 0 Å². The van der Waals surface area contributed by atoms with Gasteiger partial charge in [-0.3, -0.25) is 4.79 Å². The number of amides is 1. The fourth-order valence-corrected chi connectivity index (χ4v) is 3.17. The molecule has 3 N–H and O–H groups in total. The van der Waals surface area contributed by atoms with Crippen molar-refractivity contribution in [2.45, 2.75) is 65.0 Å². The summed E-state index contributed by atoms with van der Waals surface area (Å²) >= 11 is 0. The van der Waals surface area contributed by atoms with Gasteiger partial charge in [0.25, 0.3) is 0 Å². The SMILES string of the molecule is Cc1ccc(-c2nnc3n2CCCCC3)cc1NC(=O)CCC(C)N. The number of anilines is 1. The lowest BCUT2D eigenvalue weighted by atomic mass is 10.1. The molecule has 0 radical (unpaired) electrons. The van der Waals surface area contributed by atoms with E-state index in [1.807, 2.05) is 26.0 Å². The highest BCUT2D eigenvalue weighted by Crippen LogP contribution is 2.27. The average molecular weight is 341 g/mol. The number of aromatic nitrogens is 3. The zero-order valence-corrected chi connectivity index (χ0v) is 15.1. The van der Waals surface area contributed by atoms with E-state index in [9.17, 15) is 4.79 Å². The lowest BCUT2D eigenvalue weighted by Crippen LogP contribution is -2.19. The quantitative estimate of drug-likeness (QED) is 0.875. The Kier molecular flexibility index (Phi) is 5.48. The van der Waals surface area contributed by atoms with Gasteiger partial charge in [0.15, 0.2) is 5.82 Å². The highest BCUT2D eigenvalue weighted by molar-refractivity contribution is 5.92. The first-order valence-electron chi connectivity index (χ1n) is 9.13. The zero-order chi connectivity index (χ0) is 17.8. The standard InChI is InChI=1S/C19H27N5O/c1-13-7-9-15(12-16(13)21-18(25)10-8-14(2)20)19-23-22-17-6-4-3-5-11-24(17)19/h7,9,12,14H,3-6,8,10-11,20H2,1-2H3,(H,21,25). The molecular formula is C19H27N5O. The molecule has 6 nitrogen and oxygen atoms in total. The molecule has 6 heteroatoms. The first kappa shape index (κ1) is 17.6. The lowest BCUT2D eigenvalue weighted by Gasteiger charge is -2.12. The number of benzene rings is 1. The van der Waals surface area contributed by atoms with E-state index >= 15 is 0 Å². The monoisotopic (exact) mass is 341 g/mol. The van der Waals surface area contributed by atoms with Crippen molar-refractivity contribution in [3.63, 3.8) is 0 Å². The molecule has 1 aromatic carbocycles. The summed E-state index contributed by atoms with van der Waals surface area (Å²) in [6, 6.07) is 6.11. The van der Waals surface area contributed by atoms with E-state index in [4.69, 9.17) is 5.73 Å². The third-order valence-electron chi connectivity index (χ3n) is 4.71. The summed E-state index contributed by atoms with van der Waals surface area (Å²) in [5.41, 5.74) is 8.59. The number of nitrogens with two attached hydrogens (primary N) is 1. The Balaban J connectivity index is 1.82. The van der Waals surface area contributed by atoms with Gasteiger partial charge in [-0.2, -0.15) is 0 Å². The molecule has 0 saturated carbocycles. The number of nitrogens with one attached hydrogen (secondary N) is 1. The molecule has 2 heterocycles. The average Bonchev–Trinajstić information content (AvgIpc) is 2.83. The van der Waals surface area contributed by atoms with Crippen LogP contribution in [0.3, 0.4) is 0 Å². The summed E-state index contributed by atoms with van der Waals surface area (Å²) in [5.74, 6) is 1.95. The van der Waals surface area contributed by atoms with Crippen LogP contribution in [0.1, 0.15) is 50.4 Å². The van der Waals surface area contributed by atoms with Gasteiger partial charge in [-0.25, -0.2) is 0 Å². The van der Waals surface area contributed by atoms with Crippen molar-refractivity contribution in [3.8, 4) is 11.4 Å². The van der Waals surface area contributed by atoms with E-state index < -0.39 is 0 Å². The Morgan fingerprint density at radius 2 is 2.16 bits per heavy atom. The van der Waals surface area contributed by atoms with Gasteiger partial charge in [-0.15, -0.1) is 10.2 Å². The predicted molar refractivity (Wildman–Crippen MR) is 99.3 cm³/mol. The summed E-state index contributed by atoms with van der Waals surface area (Å²) in [7, 11) is 0. The second-order valence-electron chi connectivity index (χ2n) is 7.00. The van der Waals surface area contributed by atoms with Crippen LogP contribution in [0.4, 0.5) is 5.69 Å². The highest BCUT2D eigenvalue weighted by Gasteiger charge is 2.17.